The van der Waals surface area contributed by atoms with E-state index in [9.17, 15) is 18.0 Å². The number of hydrogen-bond donors (Lipinski definition) is 0. The number of benzene rings is 1. The highest BCUT2D eigenvalue weighted by molar-refractivity contribution is 6.30. The average molecular weight is 482 g/mol. The fourth-order valence-electron chi connectivity index (χ4n) is 4.57. The Kier molecular flexibility index (Phi) is 6.44. The molecule has 0 atom stereocenters. The second-order valence-electron chi connectivity index (χ2n) is 8.52. The van der Waals surface area contributed by atoms with Gasteiger partial charge >= 0.3 is 6.18 Å². The first kappa shape index (κ1) is 23.6. The Bertz CT molecular complexity index is 1190. The molecule has 2 heterocycles. The van der Waals surface area contributed by atoms with E-state index in [4.69, 9.17) is 16.6 Å². The van der Waals surface area contributed by atoms with Crippen LogP contribution in [0, 0.1) is 5.92 Å². The van der Waals surface area contributed by atoms with Gasteiger partial charge in [-0.1, -0.05) is 11.6 Å². The zero-order valence-corrected chi connectivity index (χ0v) is 19.6. The smallest absolute Gasteiger partial charge is 0.346 e. The molecule has 0 radical (unpaired) electrons. The second-order valence-corrected chi connectivity index (χ2v) is 8.96. The van der Waals surface area contributed by atoms with Crippen molar-refractivity contribution >= 4 is 28.7 Å². The molecule has 3 aromatic rings. The molecular weight excluding hydrogens is 455 g/mol. The number of aromatic nitrogens is 4. The van der Waals surface area contributed by atoms with Gasteiger partial charge < -0.3 is 4.90 Å². The van der Waals surface area contributed by atoms with Crippen LogP contribution in [0.25, 0.3) is 16.9 Å². The Morgan fingerprint density at radius 1 is 1.09 bits per heavy atom. The van der Waals surface area contributed by atoms with Crippen molar-refractivity contribution in [1.29, 1.82) is 0 Å². The van der Waals surface area contributed by atoms with Gasteiger partial charge in [-0.2, -0.15) is 13.2 Å². The number of fused-ring (bicyclic) bond motifs is 1. The van der Waals surface area contributed by atoms with Gasteiger partial charge in [-0.3, -0.25) is 13.9 Å². The number of nitrogens with zero attached hydrogens (tertiary/aromatic N) is 5. The summed E-state index contributed by atoms with van der Waals surface area (Å²) in [6, 6.07) is 6.80. The van der Waals surface area contributed by atoms with Crippen molar-refractivity contribution in [2.75, 3.05) is 18.5 Å². The molecule has 2 aromatic heterocycles. The van der Waals surface area contributed by atoms with Gasteiger partial charge in [0.1, 0.15) is 5.82 Å². The van der Waals surface area contributed by atoms with Crippen LogP contribution in [0.15, 0.2) is 29.1 Å². The van der Waals surface area contributed by atoms with E-state index in [2.05, 4.69) is 4.98 Å². The predicted octanol–water partition coefficient (Wildman–Crippen LogP) is 5.55. The summed E-state index contributed by atoms with van der Waals surface area (Å²) in [4.78, 5) is 25.1. The minimum atomic E-state index is -4.20. The fourth-order valence-corrected chi connectivity index (χ4v) is 4.70. The molecule has 0 bridgehead atoms. The van der Waals surface area contributed by atoms with Gasteiger partial charge in [-0.25, -0.2) is 9.97 Å². The third kappa shape index (κ3) is 4.35. The van der Waals surface area contributed by atoms with Crippen LogP contribution in [0.5, 0.6) is 0 Å². The van der Waals surface area contributed by atoms with Crippen LogP contribution in [0.1, 0.15) is 51.3 Å². The number of rotatable bonds is 5. The lowest BCUT2D eigenvalue weighted by Gasteiger charge is -2.30. The molecule has 1 aliphatic carbocycles. The maximum atomic E-state index is 13.7. The first-order valence-corrected chi connectivity index (χ1v) is 11.6. The maximum Gasteiger partial charge on any atom is 0.391 e. The molecule has 1 fully saturated rings. The molecule has 4 rings (SSSR count). The summed E-state index contributed by atoms with van der Waals surface area (Å²) < 4.78 is 43.1. The summed E-state index contributed by atoms with van der Waals surface area (Å²) in [5.41, 5.74) is 0.960. The number of aryl methyl sites for hydroxylation is 1. The van der Waals surface area contributed by atoms with Gasteiger partial charge in [0, 0.05) is 31.1 Å². The number of alkyl halides is 3. The van der Waals surface area contributed by atoms with Crippen LogP contribution < -0.4 is 10.5 Å². The molecule has 0 amide bonds. The van der Waals surface area contributed by atoms with E-state index in [-0.39, 0.29) is 29.8 Å². The summed E-state index contributed by atoms with van der Waals surface area (Å²) in [5.74, 6) is -0.445. The van der Waals surface area contributed by atoms with E-state index >= 15 is 0 Å². The zero-order valence-electron chi connectivity index (χ0n) is 18.9. The summed E-state index contributed by atoms with van der Waals surface area (Å²) in [7, 11) is 1.89. The molecule has 1 saturated carbocycles. The summed E-state index contributed by atoms with van der Waals surface area (Å²) in [6.07, 6.45) is -3.51. The second kappa shape index (κ2) is 9.00. The predicted molar refractivity (Wildman–Crippen MR) is 124 cm³/mol. The lowest BCUT2D eigenvalue weighted by molar-refractivity contribution is -0.182. The van der Waals surface area contributed by atoms with Crippen molar-refractivity contribution in [3.8, 4) is 5.69 Å². The lowest BCUT2D eigenvalue weighted by Crippen LogP contribution is -2.31. The molecular formula is C23H27ClF3N5O. The third-order valence-electron chi connectivity index (χ3n) is 6.55. The molecule has 0 aliphatic heterocycles. The maximum absolute atomic E-state index is 13.7. The standard InChI is InChI=1S/C23H27ClF3N5O/c1-4-30(3)22-28-18-20(31(22)5-2)29-19(14-6-8-15(9-7-14)23(25,26)27)32(21(18)33)17-12-10-16(24)11-13-17/h10-15H,4-9H2,1-3H3. The van der Waals surface area contributed by atoms with Crippen LogP contribution in [-0.4, -0.2) is 38.9 Å². The molecule has 178 valence electrons. The topological polar surface area (TPSA) is 56.0 Å². The molecule has 0 saturated heterocycles. The quantitative estimate of drug-likeness (QED) is 0.479. The molecule has 1 aliphatic rings. The van der Waals surface area contributed by atoms with Crippen LogP contribution >= 0.6 is 11.6 Å². The first-order valence-electron chi connectivity index (χ1n) is 11.2. The van der Waals surface area contributed by atoms with E-state index in [0.717, 1.165) is 0 Å². The third-order valence-corrected chi connectivity index (χ3v) is 6.80. The number of anilines is 1. The van der Waals surface area contributed by atoms with Crippen molar-refractivity contribution in [2.45, 2.75) is 58.2 Å². The Morgan fingerprint density at radius 2 is 1.73 bits per heavy atom. The van der Waals surface area contributed by atoms with Crippen molar-refractivity contribution in [1.82, 2.24) is 19.1 Å². The van der Waals surface area contributed by atoms with E-state index in [1.807, 2.05) is 30.4 Å². The molecule has 1 aromatic carbocycles. The summed E-state index contributed by atoms with van der Waals surface area (Å²) in [6.45, 7) is 5.20. The van der Waals surface area contributed by atoms with Gasteiger partial charge in [0.25, 0.3) is 5.56 Å². The van der Waals surface area contributed by atoms with E-state index in [0.29, 0.717) is 54.1 Å². The first-order chi connectivity index (χ1) is 15.7. The molecule has 33 heavy (non-hydrogen) atoms. The highest BCUT2D eigenvalue weighted by Crippen LogP contribution is 2.43. The van der Waals surface area contributed by atoms with Crippen LogP contribution in [0.3, 0.4) is 0 Å². The minimum Gasteiger partial charge on any atom is -0.346 e. The Hall–Kier alpha value is -2.55. The molecule has 0 unspecified atom stereocenters. The monoisotopic (exact) mass is 481 g/mol. The van der Waals surface area contributed by atoms with Crippen LogP contribution in [-0.2, 0) is 6.54 Å². The highest BCUT2D eigenvalue weighted by atomic mass is 35.5. The van der Waals surface area contributed by atoms with E-state index in [1.54, 1.807) is 24.3 Å². The minimum absolute atomic E-state index is 0.0273. The normalized spacial score (nSPS) is 19.2. The van der Waals surface area contributed by atoms with Gasteiger partial charge in [0.05, 0.1) is 11.6 Å². The molecule has 6 nitrogen and oxygen atoms in total. The number of imidazole rings is 1. The van der Waals surface area contributed by atoms with Crippen molar-refractivity contribution in [2.24, 2.45) is 5.92 Å². The molecule has 10 heteroatoms. The lowest BCUT2D eigenvalue weighted by atomic mass is 9.81. The number of halogens is 4. The van der Waals surface area contributed by atoms with Crippen molar-refractivity contribution in [3.05, 3.63) is 45.5 Å². The highest BCUT2D eigenvalue weighted by Gasteiger charge is 2.42. The summed E-state index contributed by atoms with van der Waals surface area (Å²) >= 11 is 6.04. The number of hydrogen-bond acceptors (Lipinski definition) is 4. The summed E-state index contributed by atoms with van der Waals surface area (Å²) in [5, 5.41) is 0.523. The van der Waals surface area contributed by atoms with Crippen molar-refractivity contribution in [3.63, 3.8) is 0 Å². The SMILES string of the molecule is CCN(C)c1nc2c(=O)n(-c3ccc(Cl)cc3)c(C3CCC(C(F)(F)F)CC3)nc2n1CC. The average Bonchev–Trinajstić information content (AvgIpc) is 3.18. The van der Waals surface area contributed by atoms with Gasteiger partial charge in [-0.05, 0) is 63.8 Å². The zero-order chi connectivity index (χ0) is 23.9. The fraction of sp³-hybridized carbons (Fsp3) is 0.522. The van der Waals surface area contributed by atoms with Gasteiger partial charge in [0.15, 0.2) is 11.2 Å². The van der Waals surface area contributed by atoms with Crippen molar-refractivity contribution < 1.29 is 13.2 Å². The van der Waals surface area contributed by atoms with E-state index in [1.165, 1.54) is 4.57 Å². The Balaban J connectivity index is 1.90. The van der Waals surface area contributed by atoms with E-state index < -0.39 is 12.1 Å². The largest absolute Gasteiger partial charge is 0.391 e. The van der Waals surface area contributed by atoms with Gasteiger partial charge in [-0.15, -0.1) is 0 Å². The van der Waals surface area contributed by atoms with Gasteiger partial charge in [0.2, 0.25) is 5.95 Å². The molecule has 0 N–H and O–H groups in total. The van der Waals surface area contributed by atoms with Crippen LogP contribution in [0.4, 0.5) is 19.1 Å². The molecule has 0 spiro atoms. The Labute approximate surface area is 195 Å². The Morgan fingerprint density at radius 3 is 2.27 bits per heavy atom. The van der Waals surface area contributed by atoms with Crippen LogP contribution in [0.2, 0.25) is 5.02 Å².